The maximum absolute atomic E-state index is 14.5. The number of aromatic nitrogens is 3. The van der Waals surface area contributed by atoms with Gasteiger partial charge in [-0.2, -0.15) is 5.10 Å². The van der Waals surface area contributed by atoms with Crippen molar-refractivity contribution in [3.05, 3.63) is 87.6 Å². The van der Waals surface area contributed by atoms with Crippen LogP contribution in [0, 0.1) is 0 Å². The van der Waals surface area contributed by atoms with Crippen molar-refractivity contribution < 1.29 is 13.6 Å². The van der Waals surface area contributed by atoms with E-state index in [9.17, 15) is 18.4 Å². The Morgan fingerprint density at radius 2 is 1.80 bits per heavy atom. The van der Waals surface area contributed by atoms with E-state index in [0.29, 0.717) is 37.2 Å². The van der Waals surface area contributed by atoms with Gasteiger partial charge in [0.1, 0.15) is 0 Å². The number of fused-ring (bicyclic) bond motifs is 2. The van der Waals surface area contributed by atoms with E-state index < -0.39 is 6.43 Å². The van der Waals surface area contributed by atoms with Crippen molar-refractivity contribution >= 4 is 17.4 Å². The first kappa shape index (κ1) is 26.7. The maximum Gasteiger partial charge on any atom is 0.317 e. The average Bonchev–Trinajstić information content (AvgIpc) is 3.42. The van der Waals surface area contributed by atoms with E-state index in [1.54, 1.807) is 61.4 Å². The van der Waals surface area contributed by atoms with Crippen LogP contribution < -0.4 is 15.8 Å². The number of rotatable bonds is 4. The molecule has 8 nitrogen and oxygen atoms in total. The lowest BCUT2D eigenvalue weighted by molar-refractivity contribution is 0.152. The molecule has 1 N–H and O–H groups in total. The summed E-state index contributed by atoms with van der Waals surface area (Å²) in [6, 6.07) is 11.0. The molecular weight excluding hydrogens is 526 g/mol. The molecule has 0 radical (unpaired) electrons. The Labute approximate surface area is 236 Å². The lowest BCUT2D eigenvalue weighted by Crippen LogP contribution is -2.42. The highest BCUT2D eigenvalue weighted by Gasteiger charge is 2.30. The summed E-state index contributed by atoms with van der Waals surface area (Å²) in [5.74, 6) is 0. The van der Waals surface area contributed by atoms with Gasteiger partial charge in [0.05, 0.1) is 6.20 Å². The first-order valence-corrected chi connectivity index (χ1v) is 13.7. The molecule has 0 bridgehead atoms. The molecule has 10 heteroatoms. The third kappa shape index (κ3) is 4.87. The number of hydrogen-bond donors (Lipinski definition) is 1. The Morgan fingerprint density at radius 1 is 0.976 bits per heavy atom. The molecule has 0 aliphatic carbocycles. The number of halogens is 2. The van der Waals surface area contributed by atoms with Gasteiger partial charge in [0.15, 0.2) is 0 Å². The van der Waals surface area contributed by atoms with Gasteiger partial charge in [0.2, 0.25) is 0 Å². The number of aryl methyl sites for hydroxylation is 3. The Bertz CT molecular complexity index is 1710. The minimum Gasteiger partial charge on any atom is -0.341 e. The number of carbonyl (C=O) groups is 1. The van der Waals surface area contributed by atoms with E-state index >= 15 is 0 Å². The van der Waals surface area contributed by atoms with Crippen LogP contribution in [0.3, 0.4) is 0 Å². The Kier molecular flexibility index (Phi) is 6.84. The van der Waals surface area contributed by atoms with Gasteiger partial charge >= 0.3 is 6.03 Å². The predicted molar refractivity (Wildman–Crippen MR) is 155 cm³/mol. The third-order valence-electron chi connectivity index (χ3n) is 8.17. The third-order valence-corrected chi connectivity index (χ3v) is 8.17. The minimum absolute atomic E-state index is 0.0350. The summed E-state index contributed by atoms with van der Waals surface area (Å²) in [5.41, 5.74) is 7.40. The summed E-state index contributed by atoms with van der Waals surface area (Å²) in [4.78, 5) is 29.0. The van der Waals surface area contributed by atoms with Crippen LogP contribution in [-0.2, 0) is 33.5 Å². The molecule has 0 saturated carbocycles. The van der Waals surface area contributed by atoms with Crippen LogP contribution in [-0.4, -0.2) is 45.4 Å². The molecule has 2 aromatic carbocycles. The number of nitrogens with zero attached hydrogens (tertiary/aromatic N) is 5. The van der Waals surface area contributed by atoms with E-state index in [0.717, 1.165) is 52.0 Å². The molecule has 4 heterocycles. The van der Waals surface area contributed by atoms with Crippen LogP contribution >= 0.6 is 0 Å². The number of alkyl halides is 2. The number of benzene rings is 2. The zero-order valence-electron chi connectivity index (χ0n) is 23.3. The van der Waals surface area contributed by atoms with Crippen LogP contribution in [0.15, 0.2) is 59.8 Å². The molecule has 0 atom stereocenters. The fourth-order valence-electron chi connectivity index (χ4n) is 6.00. The van der Waals surface area contributed by atoms with Gasteiger partial charge in [-0.3, -0.25) is 9.48 Å². The molecule has 0 saturated heterocycles. The van der Waals surface area contributed by atoms with Crippen LogP contribution in [0.5, 0.6) is 0 Å². The number of pyridine rings is 1. The first-order valence-electron chi connectivity index (χ1n) is 13.7. The molecule has 2 aliphatic rings. The molecule has 212 valence electrons. The van der Waals surface area contributed by atoms with Gasteiger partial charge in [0, 0.05) is 81.7 Å². The fourth-order valence-corrected chi connectivity index (χ4v) is 6.00. The largest absolute Gasteiger partial charge is 0.341 e. The Morgan fingerprint density at radius 3 is 2.51 bits per heavy atom. The highest BCUT2D eigenvalue weighted by atomic mass is 19.3. The van der Waals surface area contributed by atoms with Crippen molar-refractivity contribution in [1.29, 1.82) is 0 Å². The maximum atomic E-state index is 14.5. The van der Waals surface area contributed by atoms with E-state index in [1.807, 2.05) is 18.2 Å². The van der Waals surface area contributed by atoms with Crippen LogP contribution in [0.2, 0.25) is 0 Å². The minimum atomic E-state index is -2.66. The van der Waals surface area contributed by atoms with Gasteiger partial charge in [-0.1, -0.05) is 6.07 Å². The summed E-state index contributed by atoms with van der Waals surface area (Å²) >= 11 is 0. The zero-order chi connectivity index (χ0) is 28.8. The quantitative estimate of drug-likeness (QED) is 0.375. The molecule has 6 rings (SSSR count). The summed E-state index contributed by atoms with van der Waals surface area (Å²) in [6.07, 6.45) is 4.72. The van der Waals surface area contributed by atoms with Crippen molar-refractivity contribution in [3.8, 4) is 22.3 Å². The number of hydrogen-bond acceptors (Lipinski definition) is 4. The van der Waals surface area contributed by atoms with E-state index in [1.165, 1.54) is 4.57 Å². The first-order chi connectivity index (χ1) is 19.7. The number of carbonyl (C=O) groups excluding carboxylic acids is 1. The molecule has 0 unspecified atom stereocenters. The number of nitrogens with one attached hydrogen (secondary N) is 1. The van der Waals surface area contributed by atoms with Crippen molar-refractivity contribution in [2.24, 2.45) is 14.1 Å². The summed E-state index contributed by atoms with van der Waals surface area (Å²) in [7, 11) is 5.10. The molecule has 2 amide bonds. The Balaban J connectivity index is 1.53. The molecule has 4 aromatic rings. The second kappa shape index (κ2) is 10.5. The van der Waals surface area contributed by atoms with Crippen molar-refractivity contribution in [2.75, 3.05) is 25.0 Å². The van der Waals surface area contributed by atoms with Gasteiger partial charge in [0.25, 0.3) is 12.0 Å². The Hall–Kier alpha value is -4.47. The monoisotopic (exact) mass is 558 g/mol. The fraction of sp³-hybridized carbons (Fsp3) is 0.323. The van der Waals surface area contributed by atoms with Crippen LogP contribution in [0.4, 0.5) is 25.0 Å². The SMILES string of the molecule is CNC(=O)N1CCc2cc(-c3ccn(C)c(=O)c3)cc(N3CCCc4cc(-c5cnn(C)c5)c(C(F)F)cc43)c2C1. The standard InChI is InChI=1S/C31H32F2N6O2/c1-34-31(41)38-10-7-20-11-22(19-6-9-36(2)29(40)14-19)13-28(26(20)18-38)39-8-4-5-21-12-24(23-16-35-37(3)17-23)25(30(32)33)15-27(21)39/h6,9,11-17,30H,4-5,7-8,10,18H2,1-3H3,(H,34,41). The van der Waals surface area contributed by atoms with Gasteiger partial charge < -0.3 is 19.7 Å². The topological polar surface area (TPSA) is 75.4 Å². The second-order valence-electron chi connectivity index (χ2n) is 10.8. The zero-order valence-corrected chi connectivity index (χ0v) is 23.3. The highest BCUT2D eigenvalue weighted by molar-refractivity contribution is 5.82. The second-order valence-corrected chi connectivity index (χ2v) is 10.8. The van der Waals surface area contributed by atoms with Crippen LogP contribution in [0.1, 0.15) is 35.1 Å². The molecule has 2 aromatic heterocycles. The normalized spacial score (nSPS) is 14.7. The average molecular weight is 559 g/mol. The number of anilines is 2. The summed E-state index contributed by atoms with van der Waals surface area (Å²) < 4.78 is 32.1. The molecule has 0 fully saturated rings. The van der Waals surface area contributed by atoms with E-state index in [-0.39, 0.29) is 17.2 Å². The number of urea groups is 1. The van der Waals surface area contributed by atoms with E-state index in [2.05, 4.69) is 21.4 Å². The lowest BCUT2D eigenvalue weighted by Gasteiger charge is -2.37. The molecule has 2 aliphatic heterocycles. The predicted octanol–water partition coefficient (Wildman–Crippen LogP) is 5.17. The molecule has 41 heavy (non-hydrogen) atoms. The lowest BCUT2D eigenvalue weighted by atomic mass is 9.89. The van der Waals surface area contributed by atoms with Crippen molar-refractivity contribution in [3.63, 3.8) is 0 Å². The summed E-state index contributed by atoms with van der Waals surface area (Å²) in [6.45, 7) is 1.61. The van der Waals surface area contributed by atoms with Crippen LogP contribution in [0.25, 0.3) is 22.3 Å². The van der Waals surface area contributed by atoms with E-state index in [4.69, 9.17) is 0 Å². The molecule has 0 spiro atoms. The smallest absolute Gasteiger partial charge is 0.317 e. The molecular formula is C31H32F2N6O2. The van der Waals surface area contributed by atoms with Gasteiger partial charge in [-0.15, -0.1) is 0 Å². The summed E-state index contributed by atoms with van der Waals surface area (Å²) in [5, 5.41) is 6.91. The number of amides is 2. The highest BCUT2D eigenvalue weighted by Crippen LogP contribution is 2.44. The van der Waals surface area contributed by atoms with Crippen molar-refractivity contribution in [2.45, 2.75) is 32.2 Å². The van der Waals surface area contributed by atoms with Gasteiger partial charge in [-0.25, -0.2) is 13.6 Å². The van der Waals surface area contributed by atoms with Crippen molar-refractivity contribution in [1.82, 2.24) is 24.6 Å². The van der Waals surface area contributed by atoms with Gasteiger partial charge in [-0.05, 0) is 76.9 Å².